The predicted octanol–water partition coefficient (Wildman–Crippen LogP) is 2.81. The maximum absolute atomic E-state index is 5.42. The van der Waals surface area contributed by atoms with E-state index in [4.69, 9.17) is 4.74 Å². The average Bonchev–Trinajstić information content (AvgIpc) is 3.11. The molecule has 2 aromatic rings. The second-order valence-corrected chi connectivity index (χ2v) is 7.73. The van der Waals surface area contributed by atoms with E-state index in [-0.39, 0.29) is 24.0 Å². The molecule has 154 valence electrons. The van der Waals surface area contributed by atoms with Crippen LogP contribution in [0.2, 0.25) is 0 Å². The van der Waals surface area contributed by atoms with Gasteiger partial charge in [-0.05, 0) is 18.1 Å². The van der Waals surface area contributed by atoms with E-state index in [1.54, 1.807) is 18.4 Å². The Morgan fingerprint density at radius 1 is 1.25 bits per heavy atom. The average molecular weight is 515 g/mol. The van der Waals surface area contributed by atoms with Crippen molar-refractivity contribution in [1.29, 1.82) is 0 Å². The van der Waals surface area contributed by atoms with Crippen molar-refractivity contribution in [3.05, 3.63) is 51.5 Å². The van der Waals surface area contributed by atoms with Gasteiger partial charge in [-0.2, -0.15) is 0 Å². The zero-order valence-electron chi connectivity index (χ0n) is 16.6. The Bertz CT molecular complexity index is 746. The van der Waals surface area contributed by atoms with Crippen LogP contribution in [0.4, 0.5) is 0 Å². The van der Waals surface area contributed by atoms with Crippen LogP contribution in [0.25, 0.3) is 0 Å². The third-order valence-electron chi connectivity index (χ3n) is 4.53. The van der Waals surface area contributed by atoms with Gasteiger partial charge in [-0.1, -0.05) is 24.3 Å². The second kappa shape index (κ2) is 12.4. The van der Waals surface area contributed by atoms with Crippen LogP contribution >= 0.6 is 35.3 Å². The largest absolute Gasteiger partial charge is 0.379 e. The lowest BCUT2D eigenvalue weighted by Crippen LogP contribution is -2.38. The van der Waals surface area contributed by atoms with Crippen LogP contribution in [0.1, 0.15) is 21.8 Å². The molecule has 0 radical (unpaired) electrons. The van der Waals surface area contributed by atoms with Crippen LogP contribution in [-0.4, -0.2) is 55.7 Å². The molecule has 1 aromatic heterocycles. The first-order chi connectivity index (χ1) is 13.2. The molecule has 8 heteroatoms. The third kappa shape index (κ3) is 7.65. The Balaban J connectivity index is 0.00000280. The molecule has 3 rings (SSSR count). The minimum Gasteiger partial charge on any atom is -0.379 e. The maximum Gasteiger partial charge on any atom is 0.191 e. The van der Waals surface area contributed by atoms with E-state index >= 15 is 0 Å². The number of ether oxygens (including phenoxy) is 1. The number of halogens is 1. The second-order valence-electron chi connectivity index (χ2n) is 6.67. The van der Waals surface area contributed by atoms with E-state index < -0.39 is 0 Å². The van der Waals surface area contributed by atoms with Gasteiger partial charge in [0.15, 0.2) is 5.96 Å². The van der Waals surface area contributed by atoms with E-state index in [1.807, 2.05) is 6.92 Å². The molecule has 0 unspecified atom stereocenters. The SMILES string of the molecule is CN=C(NCCc1csc(C)n1)NCc1cccc(CN2CCOCC2)c1.I. The molecular weight excluding hydrogens is 485 g/mol. The molecule has 2 N–H and O–H groups in total. The van der Waals surface area contributed by atoms with Crippen LogP contribution < -0.4 is 10.6 Å². The van der Waals surface area contributed by atoms with Gasteiger partial charge in [0, 0.05) is 51.6 Å². The molecule has 0 saturated carbocycles. The third-order valence-corrected chi connectivity index (χ3v) is 5.35. The summed E-state index contributed by atoms with van der Waals surface area (Å²) < 4.78 is 5.42. The van der Waals surface area contributed by atoms with Crippen LogP contribution in [0.3, 0.4) is 0 Å². The highest BCUT2D eigenvalue weighted by Gasteiger charge is 2.10. The molecule has 1 aromatic carbocycles. The Morgan fingerprint density at radius 2 is 2.04 bits per heavy atom. The summed E-state index contributed by atoms with van der Waals surface area (Å²) in [5.41, 5.74) is 3.74. The number of nitrogens with zero attached hydrogens (tertiary/aromatic N) is 3. The number of morpholine rings is 1. The molecule has 0 spiro atoms. The lowest BCUT2D eigenvalue weighted by atomic mass is 10.1. The summed E-state index contributed by atoms with van der Waals surface area (Å²) >= 11 is 1.70. The molecule has 1 fully saturated rings. The number of aromatic nitrogens is 1. The number of nitrogens with one attached hydrogen (secondary N) is 2. The van der Waals surface area contributed by atoms with Gasteiger partial charge in [0.2, 0.25) is 0 Å². The van der Waals surface area contributed by atoms with Crippen molar-refractivity contribution in [2.24, 2.45) is 4.99 Å². The molecule has 2 heterocycles. The van der Waals surface area contributed by atoms with Gasteiger partial charge in [-0.25, -0.2) is 4.98 Å². The number of hydrogen-bond acceptors (Lipinski definition) is 5. The van der Waals surface area contributed by atoms with E-state index in [2.05, 4.69) is 55.2 Å². The summed E-state index contributed by atoms with van der Waals surface area (Å²) in [6.07, 6.45) is 0.903. The van der Waals surface area contributed by atoms with Crippen molar-refractivity contribution in [3.63, 3.8) is 0 Å². The van der Waals surface area contributed by atoms with E-state index in [9.17, 15) is 0 Å². The van der Waals surface area contributed by atoms with Gasteiger partial charge < -0.3 is 15.4 Å². The summed E-state index contributed by atoms with van der Waals surface area (Å²) in [5, 5.41) is 9.99. The Kier molecular flexibility index (Phi) is 10.2. The maximum atomic E-state index is 5.42. The van der Waals surface area contributed by atoms with E-state index in [1.165, 1.54) is 11.1 Å². The minimum atomic E-state index is 0. The normalized spacial score (nSPS) is 15.1. The van der Waals surface area contributed by atoms with E-state index in [0.29, 0.717) is 0 Å². The lowest BCUT2D eigenvalue weighted by molar-refractivity contribution is 0.0342. The molecule has 6 nitrogen and oxygen atoms in total. The molecule has 0 amide bonds. The summed E-state index contributed by atoms with van der Waals surface area (Å²) in [6.45, 7) is 8.29. The highest BCUT2D eigenvalue weighted by atomic mass is 127. The van der Waals surface area contributed by atoms with Gasteiger partial charge in [0.05, 0.1) is 23.9 Å². The molecule has 0 aliphatic carbocycles. The topological polar surface area (TPSA) is 61.8 Å². The summed E-state index contributed by atoms with van der Waals surface area (Å²) in [7, 11) is 1.80. The summed E-state index contributed by atoms with van der Waals surface area (Å²) in [5.74, 6) is 0.820. The number of guanidine groups is 1. The van der Waals surface area contributed by atoms with E-state index in [0.717, 1.165) is 69.0 Å². The predicted molar refractivity (Wildman–Crippen MR) is 127 cm³/mol. The van der Waals surface area contributed by atoms with Gasteiger partial charge in [0.25, 0.3) is 0 Å². The van der Waals surface area contributed by atoms with Crippen molar-refractivity contribution in [3.8, 4) is 0 Å². The van der Waals surface area contributed by atoms with Crippen molar-refractivity contribution in [2.45, 2.75) is 26.4 Å². The Morgan fingerprint density at radius 3 is 2.75 bits per heavy atom. The highest BCUT2D eigenvalue weighted by Crippen LogP contribution is 2.10. The quantitative estimate of drug-likeness (QED) is 0.338. The molecule has 1 aliphatic rings. The fourth-order valence-corrected chi connectivity index (χ4v) is 3.74. The Hall–Kier alpha value is -1.23. The molecule has 1 aliphatic heterocycles. The van der Waals surface area contributed by atoms with Gasteiger partial charge in [0.1, 0.15) is 0 Å². The zero-order valence-corrected chi connectivity index (χ0v) is 19.8. The number of hydrogen-bond donors (Lipinski definition) is 2. The molecule has 1 saturated heterocycles. The smallest absolute Gasteiger partial charge is 0.191 e. The van der Waals surface area contributed by atoms with Crippen LogP contribution in [-0.2, 0) is 24.2 Å². The van der Waals surface area contributed by atoms with Crippen LogP contribution in [0, 0.1) is 6.92 Å². The molecular formula is C20H30IN5OS. The van der Waals surface area contributed by atoms with Gasteiger partial charge >= 0.3 is 0 Å². The van der Waals surface area contributed by atoms with Crippen molar-refractivity contribution in [2.75, 3.05) is 39.9 Å². The molecule has 0 bridgehead atoms. The number of aryl methyl sites for hydroxylation is 1. The van der Waals surface area contributed by atoms with Gasteiger partial charge in [-0.15, -0.1) is 35.3 Å². The monoisotopic (exact) mass is 515 g/mol. The zero-order chi connectivity index (χ0) is 18.9. The van der Waals surface area contributed by atoms with Crippen molar-refractivity contribution in [1.82, 2.24) is 20.5 Å². The van der Waals surface area contributed by atoms with Crippen LogP contribution in [0.5, 0.6) is 0 Å². The van der Waals surface area contributed by atoms with Gasteiger partial charge in [-0.3, -0.25) is 9.89 Å². The minimum absolute atomic E-state index is 0. The number of aliphatic imine (C=N–C) groups is 1. The lowest BCUT2D eigenvalue weighted by Gasteiger charge is -2.26. The first-order valence-electron chi connectivity index (χ1n) is 9.46. The molecule has 28 heavy (non-hydrogen) atoms. The fourth-order valence-electron chi connectivity index (χ4n) is 3.09. The Labute approximate surface area is 188 Å². The first kappa shape index (κ1) is 23.1. The first-order valence-corrected chi connectivity index (χ1v) is 10.3. The number of benzene rings is 1. The van der Waals surface area contributed by atoms with Crippen molar-refractivity contribution >= 4 is 41.3 Å². The van der Waals surface area contributed by atoms with Crippen molar-refractivity contribution < 1.29 is 4.74 Å². The highest BCUT2D eigenvalue weighted by molar-refractivity contribution is 14.0. The number of thiazole rings is 1. The fraction of sp³-hybridized carbons (Fsp3) is 0.500. The van der Waals surface area contributed by atoms with Crippen LogP contribution in [0.15, 0.2) is 34.6 Å². The summed E-state index contributed by atoms with van der Waals surface area (Å²) in [4.78, 5) is 11.2. The summed E-state index contributed by atoms with van der Waals surface area (Å²) in [6, 6.07) is 8.75. The standard InChI is InChI=1S/C20H29N5OS.HI/c1-16-24-19(15-27-16)6-7-22-20(21-2)23-13-17-4-3-5-18(12-17)14-25-8-10-26-11-9-25;/h3-5,12,15H,6-11,13-14H2,1-2H3,(H2,21,22,23);1H. The number of rotatable bonds is 7. The molecule has 0 atom stereocenters.